The minimum absolute atomic E-state index is 0.142. The molecule has 0 spiro atoms. The molecule has 4 heterocycles. The highest BCUT2D eigenvalue weighted by atomic mass is 32.1. The van der Waals surface area contributed by atoms with Crippen LogP contribution in [0.25, 0.3) is 9.88 Å². The van der Waals surface area contributed by atoms with Crippen LogP contribution in [-0.2, 0) is 17.9 Å². The first-order chi connectivity index (χ1) is 13.7. The van der Waals surface area contributed by atoms with E-state index >= 15 is 0 Å². The van der Waals surface area contributed by atoms with Crippen molar-refractivity contribution in [1.29, 1.82) is 0 Å². The number of thiophene rings is 1. The highest BCUT2D eigenvalue weighted by Crippen LogP contribution is 2.27. The van der Waals surface area contributed by atoms with Crippen LogP contribution in [0.1, 0.15) is 24.3 Å². The molecule has 3 aromatic heterocycles. The van der Waals surface area contributed by atoms with Crippen LogP contribution in [-0.4, -0.2) is 34.4 Å². The van der Waals surface area contributed by atoms with Crippen molar-refractivity contribution in [2.75, 3.05) is 6.54 Å². The highest BCUT2D eigenvalue weighted by molar-refractivity contribution is 7.20. The van der Waals surface area contributed by atoms with E-state index in [1.807, 2.05) is 22.9 Å². The summed E-state index contributed by atoms with van der Waals surface area (Å²) in [6.07, 6.45) is 3.04. The second kappa shape index (κ2) is 8.57. The van der Waals surface area contributed by atoms with Crippen molar-refractivity contribution in [3.8, 4) is 9.88 Å². The highest BCUT2D eigenvalue weighted by Gasteiger charge is 2.34. The van der Waals surface area contributed by atoms with E-state index < -0.39 is 6.04 Å². The van der Waals surface area contributed by atoms with Crippen LogP contribution in [0.15, 0.2) is 45.7 Å². The second-order valence-corrected chi connectivity index (χ2v) is 8.23. The van der Waals surface area contributed by atoms with Crippen LogP contribution in [0.2, 0.25) is 0 Å². The van der Waals surface area contributed by atoms with Gasteiger partial charge in [0.2, 0.25) is 5.91 Å². The Morgan fingerprint density at radius 3 is 2.93 bits per heavy atom. The molecule has 0 saturated carbocycles. The number of hydrogen-bond donors (Lipinski definition) is 2. The Labute approximate surface area is 170 Å². The molecule has 146 valence electrons. The number of nitrogens with one attached hydrogen (secondary N) is 2. The third-order valence-corrected chi connectivity index (χ3v) is 6.47. The largest absolute Gasteiger partial charge is 0.467 e. The molecule has 1 aliphatic heterocycles. The van der Waals surface area contributed by atoms with Crippen LogP contribution < -0.4 is 10.6 Å². The summed E-state index contributed by atoms with van der Waals surface area (Å²) < 4.78 is 5.22. The van der Waals surface area contributed by atoms with Gasteiger partial charge in [0.1, 0.15) is 16.8 Å². The zero-order chi connectivity index (χ0) is 19.3. The van der Waals surface area contributed by atoms with Crippen molar-refractivity contribution in [3.05, 3.63) is 52.7 Å². The maximum atomic E-state index is 12.6. The van der Waals surface area contributed by atoms with Crippen LogP contribution in [0.3, 0.4) is 0 Å². The Hall–Kier alpha value is -2.65. The summed E-state index contributed by atoms with van der Waals surface area (Å²) in [6, 6.07) is 6.90. The van der Waals surface area contributed by atoms with Gasteiger partial charge in [0, 0.05) is 11.9 Å². The van der Waals surface area contributed by atoms with Gasteiger partial charge >= 0.3 is 6.03 Å². The van der Waals surface area contributed by atoms with Crippen LogP contribution >= 0.6 is 22.7 Å². The Bertz CT molecular complexity index is 921. The number of hydrogen-bond acceptors (Lipinski definition) is 6. The van der Waals surface area contributed by atoms with Gasteiger partial charge in [-0.25, -0.2) is 9.78 Å². The average Bonchev–Trinajstić information content (AvgIpc) is 3.50. The third-order valence-electron chi connectivity index (χ3n) is 4.54. The molecule has 0 radical (unpaired) electrons. The van der Waals surface area contributed by atoms with Gasteiger partial charge < -0.3 is 20.0 Å². The van der Waals surface area contributed by atoms with Crippen LogP contribution in [0.4, 0.5) is 4.79 Å². The number of rotatable bonds is 6. The molecule has 7 nitrogen and oxygen atoms in total. The lowest BCUT2D eigenvalue weighted by Crippen LogP contribution is -2.49. The molecule has 0 bridgehead atoms. The molecule has 0 aliphatic carbocycles. The number of aromatic nitrogens is 1. The van der Waals surface area contributed by atoms with Gasteiger partial charge in [-0.2, -0.15) is 0 Å². The Morgan fingerprint density at radius 1 is 1.21 bits per heavy atom. The van der Waals surface area contributed by atoms with Gasteiger partial charge in [-0.3, -0.25) is 4.79 Å². The Balaban J connectivity index is 1.30. The molecule has 1 unspecified atom stereocenters. The van der Waals surface area contributed by atoms with E-state index in [2.05, 4.69) is 15.6 Å². The third kappa shape index (κ3) is 4.26. The van der Waals surface area contributed by atoms with Crippen molar-refractivity contribution in [1.82, 2.24) is 20.5 Å². The first-order valence-corrected chi connectivity index (χ1v) is 10.8. The Morgan fingerprint density at radius 2 is 2.14 bits per heavy atom. The van der Waals surface area contributed by atoms with Gasteiger partial charge in [-0.05, 0) is 36.4 Å². The maximum Gasteiger partial charge on any atom is 0.318 e. The zero-order valence-electron chi connectivity index (χ0n) is 15.1. The SMILES string of the molecule is O=C(NCc1csc(-c2cccs2)n1)C1CCCN1C(=O)NCc1ccco1. The topological polar surface area (TPSA) is 87.5 Å². The van der Waals surface area contributed by atoms with Gasteiger partial charge in [0.25, 0.3) is 0 Å². The molecule has 3 aromatic rings. The number of furan rings is 1. The van der Waals surface area contributed by atoms with Crippen LogP contribution in [0.5, 0.6) is 0 Å². The van der Waals surface area contributed by atoms with E-state index in [9.17, 15) is 9.59 Å². The lowest BCUT2D eigenvalue weighted by Gasteiger charge is -2.24. The molecular weight excluding hydrogens is 396 g/mol. The minimum Gasteiger partial charge on any atom is -0.467 e. The first-order valence-electron chi connectivity index (χ1n) is 9.03. The summed E-state index contributed by atoms with van der Waals surface area (Å²) in [4.78, 5) is 32.4. The minimum atomic E-state index is -0.452. The fraction of sp³-hybridized carbons (Fsp3) is 0.316. The molecule has 1 fully saturated rings. The summed E-state index contributed by atoms with van der Waals surface area (Å²) in [6.45, 7) is 1.24. The maximum absolute atomic E-state index is 12.6. The van der Waals surface area contributed by atoms with Crippen molar-refractivity contribution in [2.45, 2.75) is 32.0 Å². The number of likely N-dealkylation sites (tertiary alicyclic amines) is 1. The number of nitrogens with zero attached hydrogens (tertiary/aromatic N) is 2. The number of amides is 3. The number of urea groups is 1. The molecule has 1 saturated heterocycles. The zero-order valence-corrected chi connectivity index (χ0v) is 16.7. The normalized spacial score (nSPS) is 16.3. The predicted molar refractivity (Wildman–Crippen MR) is 108 cm³/mol. The number of thiazole rings is 1. The van der Waals surface area contributed by atoms with E-state index in [1.54, 1.807) is 46.0 Å². The molecule has 0 aromatic carbocycles. The fourth-order valence-electron chi connectivity index (χ4n) is 3.16. The lowest BCUT2D eigenvalue weighted by molar-refractivity contribution is -0.124. The second-order valence-electron chi connectivity index (χ2n) is 6.43. The van der Waals surface area contributed by atoms with Gasteiger partial charge in [0.15, 0.2) is 0 Å². The Kier molecular flexibility index (Phi) is 5.73. The van der Waals surface area contributed by atoms with E-state index in [4.69, 9.17) is 4.42 Å². The standard InChI is InChI=1S/C19H20N4O3S2/c24-17(20-10-13-12-28-18(22-13)16-6-3-9-27-16)15-5-1-7-23(15)19(25)21-11-14-4-2-8-26-14/h2-4,6,8-9,12,15H,1,5,7,10-11H2,(H,20,24)(H,21,25). The van der Waals surface area contributed by atoms with Gasteiger partial charge in [-0.15, -0.1) is 22.7 Å². The summed E-state index contributed by atoms with van der Waals surface area (Å²) in [5.41, 5.74) is 0.827. The molecule has 2 N–H and O–H groups in total. The van der Waals surface area contributed by atoms with Gasteiger partial charge in [-0.1, -0.05) is 6.07 Å². The van der Waals surface area contributed by atoms with Crippen molar-refractivity contribution in [3.63, 3.8) is 0 Å². The molecule has 9 heteroatoms. The van der Waals surface area contributed by atoms with E-state index in [-0.39, 0.29) is 11.9 Å². The van der Waals surface area contributed by atoms with Crippen molar-refractivity contribution in [2.24, 2.45) is 0 Å². The summed E-state index contributed by atoms with van der Waals surface area (Å²) in [5.74, 6) is 0.537. The first kappa shape index (κ1) is 18.7. The van der Waals surface area contributed by atoms with Gasteiger partial charge in [0.05, 0.1) is 29.9 Å². The van der Waals surface area contributed by atoms with Crippen LogP contribution in [0, 0.1) is 0 Å². The average molecular weight is 417 g/mol. The molecule has 4 rings (SSSR count). The smallest absolute Gasteiger partial charge is 0.318 e. The van der Waals surface area contributed by atoms with E-state index in [0.29, 0.717) is 31.8 Å². The predicted octanol–water partition coefficient (Wildman–Crippen LogP) is 3.46. The number of carbonyl (C=O) groups is 2. The quantitative estimate of drug-likeness (QED) is 0.644. The molecule has 1 atom stereocenters. The number of carbonyl (C=O) groups excluding carboxylic acids is 2. The summed E-state index contributed by atoms with van der Waals surface area (Å²) in [7, 11) is 0. The monoisotopic (exact) mass is 416 g/mol. The van der Waals surface area contributed by atoms with Crippen molar-refractivity contribution < 1.29 is 14.0 Å². The summed E-state index contributed by atoms with van der Waals surface area (Å²) >= 11 is 3.21. The van der Waals surface area contributed by atoms with E-state index in [1.165, 1.54) is 0 Å². The molecule has 1 aliphatic rings. The summed E-state index contributed by atoms with van der Waals surface area (Å²) in [5, 5.41) is 10.7. The van der Waals surface area contributed by atoms with Crippen molar-refractivity contribution >= 4 is 34.6 Å². The fourth-order valence-corrected chi connectivity index (χ4v) is 4.79. The molecule has 3 amide bonds. The molecule has 28 heavy (non-hydrogen) atoms. The molecular formula is C19H20N4O3S2. The van der Waals surface area contributed by atoms with E-state index in [0.717, 1.165) is 22.0 Å². The lowest BCUT2D eigenvalue weighted by atomic mass is 10.2.